The minimum absolute atomic E-state index is 0.0751. The summed E-state index contributed by atoms with van der Waals surface area (Å²) >= 11 is 0. The summed E-state index contributed by atoms with van der Waals surface area (Å²) in [6.07, 6.45) is 4.54. The van der Waals surface area contributed by atoms with E-state index in [-0.39, 0.29) is 6.10 Å². The number of hydrogen-bond donors (Lipinski definition) is 1. The van der Waals surface area contributed by atoms with Gasteiger partial charge in [-0.25, -0.2) is 4.89 Å². The molecule has 1 rings (SSSR count). The molecule has 0 saturated heterocycles. The van der Waals surface area contributed by atoms with E-state index < -0.39 is 0 Å². The Morgan fingerprint density at radius 1 is 1.50 bits per heavy atom. The summed E-state index contributed by atoms with van der Waals surface area (Å²) in [6.45, 7) is 6.79. The second-order valence-electron chi connectivity index (χ2n) is 4.63. The molecule has 0 heterocycles. The molecule has 1 aliphatic rings. The summed E-state index contributed by atoms with van der Waals surface area (Å²) in [6, 6.07) is 0. The summed E-state index contributed by atoms with van der Waals surface area (Å²) < 4.78 is 0. The monoisotopic (exact) mass is 172 g/mol. The smallest absolute Gasteiger partial charge is 0.0932 e. The Kier molecular flexibility index (Phi) is 3.13. The number of hydrogen-bond acceptors (Lipinski definition) is 2. The Morgan fingerprint density at radius 3 is 2.67 bits per heavy atom. The highest BCUT2D eigenvalue weighted by Gasteiger charge is 2.35. The fraction of sp³-hybridized carbons (Fsp3) is 1.00. The minimum atomic E-state index is 0.0751. The maximum absolute atomic E-state index is 8.61. The van der Waals surface area contributed by atoms with Gasteiger partial charge in [-0.15, -0.1) is 0 Å². The van der Waals surface area contributed by atoms with Crippen molar-refractivity contribution in [3.05, 3.63) is 0 Å². The van der Waals surface area contributed by atoms with Crippen LogP contribution in [0.2, 0.25) is 0 Å². The van der Waals surface area contributed by atoms with E-state index in [9.17, 15) is 0 Å². The van der Waals surface area contributed by atoms with Crippen LogP contribution in [0.4, 0.5) is 0 Å². The van der Waals surface area contributed by atoms with Crippen molar-refractivity contribution in [3.63, 3.8) is 0 Å². The van der Waals surface area contributed by atoms with Gasteiger partial charge in [0, 0.05) is 0 Å². The van der Waals surface area contributed by atoms with Gasteiger partial charge >= 0.3 is 0 Å². The minimum Gasteiger partial charge on any atom is -0.252 e. The van der Waals surface area contributed by atoms with Crippen LogP contribution in [-0.2, 0) is 4.89 Å². The fourth-order valence-corrected chi connectivity index (χ4v) is 2.07. The third-order valence-electron chi connectivity index (χ3n) is 3.51. The van der Waals surface area contributed by atoms with Crippen molar-refractivity contribution in [2.45, 2.75) is 52.6 Å². The molecule has 2 nitrogen and oxygen atoms in total. The summed E-state index contributed by atoms with van der Waals surface area (Å²) in [5, 5.41) is 8.61. The van der Waals surface area contributed by atoms with E-state index in [0.717, 1.165) is 12.8 Å². The quantitative estimate of drug-likeness (QED) is 0.512. The predicted octanol–water partition coefficient (Wildman–Crippen LogP) is 3.08. The first kappa shape index (κ1) is 10.0. The van der Waals surface area contributed by atoms with Crippen molar-refractivity contribution >= 4 is 0 Å². The van der Waals surface area contributed by atoms with Gasteiger partial charge < -0.3 is 0 Å². The normalized spacial score (nSPS) is 37.2. The van der Waals surface area contributed by atoms with Crippen molar-refractivity contribution in [2.24, 2.45) is 11.3 Å². The third kappa shape index (κ3) is 1.99. The molecular weight excluding hydrogens is 152 g/mol. The van der Waals surface area contributed by atoms with E-state index in [1.54, 1.807) is 0 Å². The van der Waals surface area contributed by atoms with Crippen molar-refractivity contribution < 1.29 is 10.1 Å². The van der Waals surface area contributed by atoms with Crippen LogP contribution in [-0.4, -0.2) is 11.4 Å². The molecular formula is C10H20O2. The number of rotatable bonds is 2. The van der Waals surface area contributed by atoms with Crippen molar-refractivity contribution in [2.75, 3.05) is 0 Å². The van der Waals surface area contributed by atoms with E-state index in [4.69, 9.17) is 5.26 Å². The molecule has 0 aromatic heterocycles. The van der Waals surface area contributed by atoms with Crippen LogP contribution in [0.1, 0.15) is 46.5 Å². The Balaban J connectivity index is 2.54. The zero-order valence-electron chi connectivity index (χ0n) is 8.34. The van der Waals surface area contributed by atoms with Crippen molar-refractivity contribution in [1.29, 1.82) is 0 Å². The van der Waals surface area contributed by atoms with E-state index in [2.05, 4.69) is 25.7 Å². The molecule has 0 amide bonds. The predicted molar refractivity (Wildman–Crippen MR) is 48.9 cm³/mol. The first-order valence-corrected chi connectivity index (χ1v) is 4.89. The molecule has 0 aliphatic heterocycles. The molecule has 2 unspecified atom stereocenters. The van der Waals surface area contributed by atoms with Gasteiger partial charge in [0.05, 0.1) is 6.10 Å². The van der Waals surface area contributed by atoms with Crippen molar-refractivity contribution in [3.8, 4) is 0 Å². The maximum atomic E-state index is 8.61. The Morgan fingerprint density at radius 2 is 2.17 bits per heavy atom. The van der Waals surface area contributed by atoms with Crippen molar-refractivity contribution in [1.82, 2.24) is 0 Å². The molecule has 0 aromatic rings. The average Bonchev–Trinajstić information content (AvgIpc) is 2.04. The topological polar surface area (TPSA) is 29.5 Å². The first-order valence-electron chi connectivity index (χ1n) is 4.89. The molecule has 2 heteroatoms. The summed E-state index contributed by atoms with van der Waals surface area (Å²) in [5.74, 6) is 0.676. The zero-order chi connectivity index (χ0) is 9.19. The summed E-state index contributed by atoms with van der Waals surface area (Å²) in [5.41, 5.74) is 0.367. The lowest BCUT2D eigenvalue weighted by Gasteiger charge is -2.40. The Hall–Kier alpha value is -0.0800. The SMILES string of the molecule is CC(C)C1(C)CCCC(OO)C1. The van der Waals surface area contributed by atoms with Gasteiger partial charge in [-0.05, 0) is 30.6 Å². The fourth-order valence-electron chi connectivity index (χ4n) is 2.07. The molecule has 2 atom stereocenters. The van der Waals surface area contributed by atoms with Gasteiger partial charge in [0.1, 0.15) is 0 Å². The molecule has 12 heavy (non-hydrogen) atoms. The van der Waals surface area contributed by atoms with E-state index in [1.807, 2.05) is 0 Å². The highest BCUT2D eigenvalue weighted by atomic mass is 17.1. The maximum Gasteiger partial charge on any atom is 0.0932 e. The molecule has 1 N–H and O–H groups in total. The van der Waals surface area contributed by atoms with E-state index >= 15 is 0 Å². The molecule has 1 aliphatic carbocycles. The van der Waals surface area contributed by atoms with Gasteiger partial charge in [-0.2, -0.15) is 0 Å². The lowest BCUT2D eigenvalue weighted by Crippen LogP contribution is -2.33. The summed E-state index contributed by atoms with van der Waals surface area (Å²) in [4.78, 5) is 4.44. The highest BCUT2D eigenvalue weighted by Crippen LogP contribution is 2.42. The summed E-state index contributed by atoms with van der Waals surface area (Å²) in [7, 11) is 0. The van der Waals surface area contributed by atoms with E-state index in [1.165, 1.54) is 12.8 Å². The lowest BCUT2D eigenvalue weighted by atomic mass is 9.68. The highest BCUT2D eigenvalue weighted by molar-refractivity contribution is 4.85. The van der Waals surface area contributed by atoms with Crippen LogP contribution in [0.25, 0.3) is 0 Å². The second kappa shape index (κ2) is 3.75. The van der Waals surface area contributed by atoms with Crippen LogP contribution in [0.5, 0.6) is 0 Å². The van der Waals surface area contributed by atoms with Gasteiger partial charge in [0.15, 0.2) is 0 Å². The molecule has 72 valence electrons. The van der Waals surface area contributed by atoms with Crippen LogP contribution < -0.4 is 0 Å². The first-order chi connectivity index (χ1) is 5.58. The Bertz CT molecular complexity index is 145. The molecule has 0 radical (unpaired) electrons. The Labute approximate surface area is 74.9 Å². The van der Waals surface area contributed by atoms with Gasteiger partial charge in [-0.1, -0.05) is 27.2 Å². The largest absolute Gasteiger partial charge is 0.252 e. The molecule has 0 aromatic carbocycles. The van der Waals surface area contributed by atoms with Gasteiger partial charge in [-0.3, -0.25) is 5.26 Å². The van der Waals surface area contributed by atoms with E-state index in [0.29, 0.717) is 11.3 Å². The van der Waals surface area contributed by atoms with Crippen LogP contribution in [0.3, 0.4) is 0 Å². The molecule has 0 bridgehead atoms. The second-order valence-corrected chi connectivity index (χ2v) is 4.63. The van der Waals surface area contributed by atoms with Crippen LogP contribution >= 0.6 is 0 Å². The van der Waals surface area contributed by atoms with Gasteiger partial charge in [0.2, 0.25) is 0 Å². The lowest BCUT2D eigenvalue weighted by molar-refractivity contribution is -0.291. The zero-order valence-corrected chi connectivity index (χ0v) is 8.34. The van der Waals surface area contributed by atoms with Crippen LogP contribution in [0.15, 0.2) is 0 Å². The standard InChI is InChI=1S/C10H20O2/c1-8(2)10(3)6-4-5-9(7-10)12-11/h8-9,11H,4-7H2,1-3H3. The molecule has 1 fully saturated rings. The van der Waals surface area contributed by atoms with Crippen LogP contribution in [0, 0.1) is 11.3 Å². The van der Waals surface area contributed by atoms with Gasteiger partial charge in [0.25, 0.3) is 0 Å². The molecule has 0 spiro atoms. The molecule has 1 saturated carbocycles. The third-order valence-corrected chi connectivity index (χ3v) is 3.51. The average molecular weight is 172 g/mol.